The molecule has 0 fully saturated rings. The lowest BCUT2D eigenvalue weighted by atomic mass is 10.0. The molecule has 0 radical (unpaired) electrons. The first-order valence-corrected chi connectivity index (χ1v) is 7.17. The topological polar surface area (TPSA) is 142 Å². The third-order valence-electron chi connectivity index (χ3n) is 2.67. The summed E-state index contributed by atoms with van der Waals surface area (Å²) >= 11 is 3.80. The van der Waals surface area contributed by atoms with Crippen LogP contribution in [-0.2, 0) is 14.4 Å². The monoisotopic (exact) mass is 321 g/mol. The Bertz CT molecular complexity index is 378. The second kappa shape index (κ2) is 9.59. The summed E-state index contributed by atoms with van der Waals surface area (Å²) < 4.78 is 0. The molecule has 0 aromatic heterocycles. The number of carboxylic acid groups (broad SMARTS) is 1. The van der Waals surface area contributed by atoms with Gasteiger partial charge < -0.3 is 26.6 Å². The summed E-state index contributed by atoms with van der Waals surface area (Å²) in [6, 6.07) is -3.25. The number of thiol groups is 1. The maximum Gasteiger partial charge on any atom is 0.327 e. The van der Waals surface area contributed by atoms with E-state index in [1.54, 1.807) is 0 Å². The Hall–Kier alpha value is -1.32. The van der Waals surface area contributed by atoms with Gasteiger partial charge in [-0.25, -0.2) is 4.79 Å². The molecule has 0 aliphatic heterocycles. The third kappa shape index (κ3) is 7.30. The number of aliphatic carboxylic acids is 1. The van der Waals surface area contributed by atoms with Crippen molar-refractivity contribution in [1.82, 2.24) is 10.6 Å². The first kappa shape index (κ1) is 19.7. The maximum atomic E-state index is 11.8. The van der Waals surface area contributed by atoms with E-state index in [1.807, 2.05) is 13.8 Å². The van der Waals surface area contributed by atoms with Crippen LogP contribution in [0.3, 0.4) is 0 Å². The molecule has 6 N–H and O–H groups in total. The standard InChI is InChI=1S/C12H23N3O5S/c1-6(2)3-7(13)10(17)14-8(4-16)11(18)15-9(5-21)12(19)20/h6-9,16,21H,3-5,13H2,1-2H3,(H,14,17)(H,15,18)(H,19,20). The fourth-order valence-corrected chi connectivity index (χ4v) is 1.79. The van der Waals surface area contributed by atoms with E-state index in [9.17, 15) is 14.4 Å². The van der Waals surface area contributed by atoms with Crippen molar-refractivity contribution < 1.29 is 24.6 Å². The molecule has 0 bridgehead atoms. The Morgan fingerprint density at radius 2 is 1.67 bits per heavy atom. The van der Waals surface area contributed by atoms with Crippen LogP contribution in [0.2, 0.25) is 0 Å². The molecule has 0 aliphatic carbocycles. The number of carboxylic acids is 1. The van der Waals surface area contributed by atoms with E-state index in [0.717, 1.165) is 0 Å². The second-order valence-corrected chi connectivity index (χ2v) is 5.43. The Morgan fingerprint density at radius 3 is 2.05 bits per heavy atom. The van der Waals surface area contributed by atoms with Crippen LogP contribution in [0.5, 0.6) is 0 Å². The van der Waals surface area contributed by atoms with Gasteiger partial charge in [0.05, 0.1) is 12.6 Å². The molecule has 21 heavy (non-hydrogen) atoms. The van der Waals surface area contributed by atoms with Crippen LogP contribution in [0.15, 0.2) is 0 Å². The SMILES string of the molecule is CC(C)CC(N)C(=O)NC(CO)C(=O)NC(CS)C(=O)O. The van der Waals surface area contributed by atoms with Crippen molar-refractivity contribution in [3.63, 3.8) is 0 Å². The van der Waals surface area contributed by atoms with Crippen molar-refractivity contribution in [3.05, 3.63) is 0 Å². The summed E-state index contributed by atoms with van der Waals surface area (Å²) in [6.45, 7) is 3.13. The van der Waals surface area contributed by atoms with Crippen LogP contribution < -0.4 is 16.4 Å². The van der Waals surface area contributed by atoms with Crippen molar-refractivity contribution >= 4 is 30.4 Å². The van der Waals surface area contributed by atoms with Gasteiger partial charge in [0.2, 0.25) is 11.8 Å². The minimum Gasteiger partial charge on any atom is -0.480 e. The zero-order valence-electron chi connectivity index (χ0n) is 12.1. The molecular weight excluding hydrogens is 298 g/mol. The van der Waals surface area contributed by atoms with Gasteiger partial charge in [0, 0.05) is 5.75 Å². The molecule has 2 amide bonds. The lowest BCUT2D eigenvalue weighted by molar-refractivity contribution is -0.141. The summed E-state index contributed by atoms with van der Waals surface area (Å²) in [5.41, 5.74) is 5.67. The van der Waals surface area contributed by atoms with Gasteiger partial charge >= 0.3 is 5.97 Å². The normalized spacial score (nSPS) is 15.1. The lowest BCUT2D eigenvalue weighted by Crippen LogP contribution is -2.56. The van der Waals surface area contributed by atoms with Crippen molar-refractivity contribution in [1.29, 1.82) is 0 Å². The van der Waals surface area contributed by atoms with E-state index in [1.165, 1.54) is 0 Å². The molecule has 9 heteroatoms. The Morgan fingerprint density at radius 1 is 1.14 bits per heavy atom. The molecule has 0 aromatic carbocycles. The molecular formula is C12H23N3O5S. The predicted octanol–water partition coefficient (Wildman–Crippen LogP) is -1.66. The van der Waals surface area contributed by atoms with Crippen LogP contribution in [0.1, 0.15) is 20.3 Å². The number of amides is 2. The number of aliphatic hydroxyl groups is 1. The molecule has 122 valence electrons. The smallest absolute Gasteiger partial charge is 0.327 e. The predicted molar refractivity (Wildman–Crippen MR) is 79.9 cm³/mol. The zero-order chi connectivity index (χ0) is 16.6. The molecule has 0 saturated heterocycles. The molecule has 0 heterocycles. The lowest BCUT2D eigenvalue weighted by Gasteiger charge is -2.21. The number of hydrogen-bond acceptors (Lipinski definition) is 6. The number of aliphatic hydroxyl groups excluding tert-OH is 1. The molecule has 0 rings (SSSR count). The van der Waals surface area contributed by atoms with E-state index < -0.39 is 42.5 Å². The summed E-state index contributed by atoms with van der Waals surface area (Å²) in [4.78, 5) is 34.4. The average molecular weight is 321 g/mol. The highest BCUT2D eigenvalue weighted by Gasteiger charge is 2.26. The number of nitrogens with two attached hydrogens (primary N) is 1. The molecule has 0 aliphatic rings. The summed E-state index contributed by atoms with van der Waals surface area (Å²) in [6.07, 6.45) is 0.431. The zero-order valence-corrected chi connectivity index (χ0v) is 13.0. The second-order valence-electron chi connectivity index (χ2n) is 5.06. The van der Waals surface area contributed by atoms with Crippen LogP contribution in [-0.4, -0.2) is 58.5 Å². The number of rotatable bonds is 9. The molecule has 3 unspecified atom stereocenters. The fourth-order valence-electron chi connectivity index (χ4n) is 1.55. The molecule has 0 spiro atoms. The number of carbonyl (C=O) groups excluding carboxylic acids is 2. The van der Waals surface area contributed by atoms with Crippen LogP contribution >= 0.6 is 12.6 Å². The molecule has 3 atom stereocenters. The molecule has 0 aromatic rings. The van der Waals surface area contributed by atoms with E-state index >= 15 is 0 Å². The van der Waals surface area contributed by atoms with Crippen molar-refractivity contribution in [2.24, 2.45) is 11.7 Å². The largest absolute Gasteiger partial charge is 0.480 e. The fraction of sp³-hybridized carbons (Fsp3) is 0.750. The van der Waals surface area contributed by atoms with Gasteiger partial charge in [0.1, 0.15) is 12.1 Å². The number of nitrogens with one attached hydrogen (secondary N) is 2. The number of hydrogen-bond donors (Lipinski definition) is 6. The van der Waals surface area contributed by atoms with Gasteiger partial charge in [0.15, 0.2) is 0 Å². The van der Waals surface area contributed by atoms with Crippen LogP contribution in [0.4, 0.5) is 0 Å². The van der Waals surface area contributed by atoms with Gasteiger partial charge in [-0.1, -0.05) is 13.8 Å². The quantitative estimate of drug-likeness (QED) is 0.281. The highest BCUT2D eigenvalue weighted by Crippen LogP contribution is 2.03. The maximum absolute atomic E-state index is 11.8. The van der Waals surface area contributed by atoms with Crippen molar-refractivity contribution in [2.45, 2.75) is 38.4 Å². The average Bonchev–Trinajstić information content (AvgIpc) is 2.40. The Labute approximate surface area is 128 Å². The van der Waals surface area contributed by atoms with Crippen LogP contribution in [0.25, 0.3) is 0 Å². The van der Waals surface area contributed by atoms with E-state index in [-0.39, 0.29) is 11.7 Å². The van der Waals surface area contributed by atoms with E-state index in [0.29, 0.717) is 6.42 Å². The first-order valence-electron chi connectivity index (χ1n) is 6.53. The first-order chi connectivity index (χ1) is 9.72. The van der Waals surface area contributed by atoms with Gasteiger partial charge in [-0.05, 0) is 12.3 Å². The number of carbonyl (C=O) groups is 3. The third-order valence-corrected chi connectivity index (χ3v) is 3.04. The van der Waals surface area contributed by atoms with Crippen molar-refractivity contribution in [2.75, 3.05) is 12.4 Å². The molecule has 8 nitrogen and oxygen atoms in total. The van der Waals surface area contributed by atoms with Crippen molar-refractivity contribution in [3.8, 4) is 0 Å². The minimum atomic E-state index is -1.25. The van der Waals surface area contributed by atoms with Gasteiger partial charge in [-0.3, -0.25) is 9.59 Å². The van der Waals surface area contributed by atoms with E-state index in [4.69, 9.17) is 15.9 Å². The Kier molecular flexibility index (Phi) is 8.98. The molecule has 0 saturated carbocycles. The van der Waals surface area contributed by atoms with Crippen LogP contribution in [0, 0.1) is 5.92 Å². The minimum absolute atomic E-state index is 0.111. The van der Waals surface area contributed by atoms with Gasteiger partial charge in [-0.2, -0.15) is 12.6 Å². The summed E-state index contributed by atoms with van der Waals surface area (Å²) in [5, 5.41) is 22.4. The summed E-state index contributed by atoms with van der Waals surface area (Å²) in [7, 11) is 0. The highest BCUT2D eigenvalue weighted by atomic mass is 32.1. The van der Waals surface area contributed by atoms with Gasteiger partial charge in [0.25, 0.3) is 0 Å². The Balaban J connectivity index is 4.59. The highest BCUT2D eigenvalue weighted by molar-refractivity contribution is 7.80. The summed E-state index contributed by atoms with van der Waals surface area (Å²) in [5.74, 6) is -2.54. The van der Waals surface area contributed by atoms with E-state index in [2.05, 4.69) is 23.3 Å². The van der Waals surface area contributed by atoms with Gasteiger partial charge in [-0.15, -0.1) is 0 Å².